The van der Waals surface area contributed by atoms with Crippen LogP contribution in [0.25, 0.3) is 11.1 Å². The molecule has 1 fully saturated rings. The average molecular weight is 423 g/mol. The summed E-state index contributed by atoms with van der Waals surface area (Å²) in [5.74, 6) is 0. The van der Waals surface area contributed by atoms with Crippen molar-refractivity contribution in [3.05, 3.63) is 126 Å². The van der Waals surface area contributed by atoms with Crippen LogP contribution in [0.3, 0.4) is 0 Å². The second kappa shape index (κ2) is 8.37. The summed E-state index contributed by atoms with van der Waals surface area (Å²) in [6, 6.07) is 16.7. The Bertz CT molecular complexity index is 1220. The summed E-state index contributed by atoms with van der Waals surface area (Å²) in [6.07, 6.45) is 7.37. The molecule has 1 aliphatic carbocycles. The predicted molar refractivity (Wildman–Crippen MR) is 138 cm³/mol. The van der Waals surface area contributed by atoms with Crippen molar-refractivity contribution in [1.29, 1.82) is 0 Å². The zero-order valence-electron chi connectivity index (χ0n) is 18.0. The zero-order chi connectivity index (χ0) is 22.1. The first-order valence-corrected chi connectivity index (χ1v) is 10.7. The minimum Gasteiger partial charge on any atom is -0.332 e. The van der Waals surface area contributed by atoms with E-state index in [0.717, 1.165) is 34.6 Å². The van der Waals surface area contributed by atoms with Gasteiger partial charge in [0.15, 0.2) is 5.11 Å². The van der Waals surface area contributed by atoms with E-state index in [-0.39, 0.29) is 0 Å². The summed E-state index contributed by atoms with van der Waals surface area (Å²) >= 11 is 5.60. The van der Waals surface area contributed by atoms with Crippen LogP contribution in [0.15, 0.2) is 109 Å². The zero-order valence-corrected chi connectivity index (χ0v) is 18.9. The first kappa shape index (κ1) is 20.8. The minimum absolute atomic E-state index is 0.590. The molecule has 2 aromatic carbocycles. The van der Waals surface area contributed by atoms with E-state index in [2.05, 4.69) is 93.5 Å². The van der Waals surface area contributed by atoms with Gasteiger partial charge >= 0.3 is 0 Å². The lowest BCUT2D eigenvalue weighted by Crippen LogP contribution is -2.44. The molecule has 2 aliphatic rings. The van der Waals surface area contributed by atoms with Gasteiger partial charge < -0.3 is 5.32 Å². The van der Waals surface area contributed by atoms with Gasteiger partial charge in [-0.05, 0) is 78.5 Å². The molecular weight excluding hydrogens is 396 g/mol. The van der Waals surface area contributed by atoms with Crippen LogP contribution in [0.2, 0.25) is 0 Å². The van der Waals surface area contributed by atoms with Gasteiger partial charge in [0.2, 0.25) is 0 Å². The molecule has 1 N–H and O–H groups in total. The molecule has 2 nitrogen and oxygen atoms in total. The molecule has 0 saturated carbocycles. The highest BCUT2D eigenvalue weighted by Gasteiger charge is 2.27. The number of hydrogen-bond donors (Lipinski definition) is 1. The quantitative estimate of drug-likeness (QED) is 0.530. The number of rotatable bonds is 4. The van der Waals surface area contributed by atoms with E-state index in [1.54, 1.807) is 0 Å². The Kier molecular flexibility index (Phi) is 5.62. The average Bonchev–Trinajstić information content (AvgIpc) is 3.19. The van der Waals surface area contributed by atoms with Gasteiger partial charge in [-0.3, -0.25) is 4.90 Å². The first-order chi connectivity index (χ1) is 14.8. The molecule has 1 saturated heterocycles. The summed E-state index contributed by atoms with van der Waals surface area (Å²) in [7, 11) is 0. The number of aryl methyl sites for hydroxylation is 1. The molecule has 1 aliphatic heterocycles. The minimum atomic E-state index is 0.590. The van der Waals surface area contributed by atoms with Crippen molar-refractivity contribution in [2.75, 3.05) is 4.90 Å². The number of benzene rings is 2. The molecule has 1 heterocycles. The lowest BCUT2D eigenvalue weighted by Gasteiger charge is -2.35. The molecule has 0 unspecified atom stereocenters. The van der Waals surface area contributed by atoms with E-state index >= 15 is 0 Å². The first-order valence-electron chi connectivity index (χ1n) is 10.3. The lowest BCUT2D eigenvalue weighted by molar-refractivity contribution is 1.03. The van der Waals surface area contributed by atoms with Gasteiger partial charge in [0.25, 0.3) is 0 Å². The third kappa shape index (κ3) is 4.10. The molecule has 0 atom stereocenters. The maximum absolute atomic E-state index is 5.60. The molecule has 0 aromatic heterocycles. The van der Waals surface area contributed by atoms with Gasteiger partial charge in [-0.1, -0.05) is 73.9 Å². The second-order valence-electron chi connectivity index (χ2n) is 8.02. The standard InChI is InChI=1S/C28H26N2S/c1-18(2)25-11-6-7-12-26(25)23-14-13-22(16-23)17-27-20(4)29-28(31)30(21(27)5)24-10-8-9-19(3)15-24/h6-15,17H,1,4-5,16H2,2-3H3,(H,29,31)/b27-17+. The molecule has 0 amide bonds. The van der Waals surface area contributed by atoms with Crippen LogP contribution in [-0.4, -0.2) is 5.11 Å². The highest BCUT2D eigenvalue weighted by Crippen LogP contribution is 2.36. The van der Waals surface area contributed by atoms with Crippen molar-refractivity contribution in [1.82, 2.24) is 5.32 Å². The monoisotopic (exact) mass is 422 g/mol. The Morgan fingerprint density at radius 1 is 1.10 bits per heavy atom. The van der Waals surface area contributed by atoms with Crippen LogP contribution >= 0.6 is 12.2 Å². The highest BCUT2D eigenvalue weighted by atomic mass is 32.1. The highest BCUT2D eigenvalue weighted by molar-refractivity contribution is 7.80. The molecule has 0 radical (unpaired) electrons. The molecule has 3 heteroatoms. The normalized spacial score (nSPS) is 17.5. The van der Waals surface area contributed by atoms with Crippen molar-refractivity contribution in [2.45, 2.75) is 20.3 Å². The Labute approximate surface area is 190 Å². The predicted octanol–water partition coefficient (Wildman–Crippen LogP) is 7.09. The second-order valence-corrected chi connectivity index (χ2v) is 8.41. The smallest absolute Gasteiger partial charge is 0.182 e. The molecule has 0 bridgehead atoms. The van der Waals surface area contributed by atoms with E-state index < -0.39 is 0 Å². The SMILES string of the molecule is C=C1NC(=S)N(c2cccc(C)c2)C(=C)/C1=C/C1=CC=C(c2ccccc2C(=C)C)C1. The van der Waals surface area contributed by atoms with E-state index in [4.69, 9.17) is 12.2 Å². The van der Waals surface area contributed by atoms with Crippen LogP contribution in [0.1, 0.15) is 30.0 Å². The third-order valence-electron chi connectivity index (χ3n) is 5.58. The number of nitrogens with zero attached hydrogens (tertiary/aromatic N) is 1. The van der Waals surface area contributed by atoms with Gasteiger partial charge in [0, 0.05) is 17.0 Å². The number of anilines is 1. The summed E-state index contributed by atoms with van der Waals surface area (Å²) in [5.41, 5.74) is 10.7. The van der Waals surface area contributed by atoms with E-state index in [9.17, 15) is 0 Å². The van der Waals surface area contributed by atoms with Crippen molar-refractivity contribution in [3.63, 3.8) is 0 Å². The summed E-state index contributed by atoms with van der Waals surface area (Å²) in [4.78, 5) is 1.98. The topological polar surface area (TPSA) is 15.3 Å². The molecule has 4 rings (SSSR count). The number of allylic oxidation sites excluding steroid dienone is 6. The van der Waals surface area contributed by atoms with E-state index in [0.29, 0.717) is 5.11 Å². The number of thiocarbonyl (C=S) groups is 1. The van der Waals surface area contributed by atoms with Gasteiger partial charge in [-0.15, -0.1) is 0 Å². The van der Waals surface area contributed by atoms with Crippen LogP contribution < -0.4 is 10.2 Å². The molecule has 154 valence electrons. The summed E-state index contributed by atoms with van der Waals surface area (Å²) in [6.45, 7) is 16.8. The lowest BCUT2D eigenvalue weighted by atomic mass is 9.93. The van der Waals surface area contributed by atoms with Gasteiger partial charge in [-0.2, -0.15) is 0 Å². The van der Waals surface area contributed by atoms with Crippen molar-refractivity contribution in [2.24, 2.45) is 0 Å². The maximum Gasteiger partial charge on any atom is 0.182 e. The summed E-state index contributed by atoms with van der Waals surface area (Å²) < 4.78 is 0. The largest absolute Gasteiger partial charge is 0.332 e. The number of nitrogens with one attached hydrogen (secondary N) is 1. The van der Waals surface area contributed by atoms with Gasteiger partial charge in [-0.25, -0.2) is 0 Å². The third-order valence-corrected chi connectivity index (χ3v) is 5.87. The van der Waals surface area contributed by atoms with Crippen molar-refractivity contribution in [3.8, 4) is 0 Å². The van der Waals surface area contributed by atoms with Crippen molar-refractivity contribution < 1.29 is 0 Å². The van der Waals surface area contributed by atoms with Crippen molar-refractivity contribution >= 4 is 34.2 Å². The van der Waals surface area contributed by atoms with Crippen LogP contribution in [0.5, 0.6) is 0 Å². The Morgan fingerprint density at radius 3 is 2.61 bits per heavy atom. The molecule has 2 aromatic rings. The molecular formula is C28H26N2S. The van der Waals surface area contributed by atoms with E-state index in [1.807, 2.05) is 17.0 Å². The molecule has 31 heavy (non-hydrogen) atoms. The Morgan fingerprint density at radius 2 is 1.87 bits per heavy atom. The fourth-order valence-electron chi connectivity index (χ4n) is 4.03. The van der Waals surface area contributed by atoms with E-state index in [1.165, 1.54) is 27.8 Å². The van der Waals surface area contributed by atoms with Crippen LogP contribution in [0.4, 0.5) is 5.69 Å². The summed E-state index contributed by atoms with van der Waals surface area (Å²) in [5, 5.41) is 3.84. The maximum atomic E-state index is 5.60. The number of hydrogen-bond acceptors (Lipinski definition) is 1. The fourth-order valence-corrected chi connectivity index (χ4v) is 4.37. The van der Waals surface area contributed by atoms with Crippen LogP contribution in [-0.2, 0) is 0 Å². The van der Waals surface area contributed by atoms with Gasteiger partial charge in [0.1, 0.15) is 0 Å². The fraction of sp³-hybridized carbons (Fsp3) is 0.107. The Balaban J connectivity index is 1.61. The van der Waals surface area contributed by atoms with Crippen LogP contribution in [0, 0.1) is 6.92 Å². The van der Waals surface area contributed by atoms with Gasteiger partial charge in [0.05, 0.1) is 5.70 Å². The molecule has 0 spiro atoms. The Hall–Kier alpha value is -3.43.